The molecule has 0 radical (unpaired) electrons. The number of ether oxygens (including phenoxy) is 2. The summed E-state index contributed by atoms with van der Waals surface area (Å²) in [6.45, 7) is 0.162. The number of hydrogen-bond donors (Lipinski definition) is 1. The normalized spacial score (nSPS) is 28.1. The number of fused-ring (bicyclic) bond motifs is 2. The number of ketones is 1. The zero-order chi connectivity index (χ0) is 27.6. The van der Waals surface area contributed by atoms with Gasteiger partial charge in [0.1, 0.15) is 0 Å². The van der Waals surface area contributed by atoms with Gasteiger partial charge in [-0.15, -0.1) is 0 Å². The molecule has 14 heteroatoms. The molecule has 0 amide bonds. The molecule has 4 atom stereocenters. The van der Waals surface area contributed by atoms with Gasteiger partial charge in [-0.25, -0.2) is 0 Å². The maximum absolute atomic E-state index is 14.4. The molecular formula is C23H27ClN4O9. The fourth-order valence-electron chi connectivity index (χ4n) is 5.61. The molecule has 4 unspecified atom stereocenters. The number of carbonyl (C=O) groups excluding carboxylic acids is 3. The number of carbonyl (C=O) groups is 3. The Kier molecular flexibility index (Phi) is 8.29. The maximum Gasteiger partial charge on any atom is 0.322 e. The number of halogens is 1. The van der Waals surface area contributed by atoms with Crippen LogP contribution in [0.4, 0.5) is 0 Å². The predicted octanol–water partition coefficient (Wildman–Crippen LogP) is -3.09. The zero-order valence-corrected chi connectivity index (χ0v) is 21.3. The first-order chi connectivity index (χ1) is 17.3. The second kappa shape index (κ2) is 10.8. The summed E-state index contributed by atoms with van der Waals surface area (Å²) in [5.41, 5.74) is -2.29. The van der Waals surface area contributed by atoms with Crippen LogP contribution in [-0.2, 0) is 23.9 Å². The molecular weight excluding hydrogens is 512 g/mol. The highest BCUT2D eigenvalue weighted by Crippen LogP contribution is 2.59. The summed E-state index contributed by atoms with van der Waals surface area (Å²) in [5, 5.41) is 0. The number of Topliss-reactive ketones (excluding diaryl/α,β-unsaturated/α-hetero) is 1. The van der Waals surface area contributed by atoms with E-state index in [0.29, 0.717) is 11.4 Å². The smallest absolute Gasteiger partial charge is 0.322 e. The van der Waals surface area contributed by atoms with Crippen molar-refractivity contribution in [3.05, 3.63) is 60.2 Å². The lowest BCUT2D eigenvalue weighted by atomic mass is 9.54. The Hall–Kier alpha value is -3.04. The predicted molar refractivity (Wildman–Crippen MR) is 115 cm³/mol. The van der Waals surface area contributed by atoms with Crippen LogP contribution in [0.2, 0.25) is 0 Å². The molecule has 2 saturated heterocycles. The third-order valence-corrected chi connectivity index (χ3v) is 6.63. The standard InChI is InChI=1S/C23H26N4O5.ClHO4/c1-26-13-22(20(29)31-3)17(15-9-5-7-11-24-15)27(2)18(16-10-6-8-12-25-16)23(14-26,19(22)28)21(30)32-4;2-1(3,4)5/h5-12,17-18H,13-14H2,1-4H3;(H,2,3,4,5). The third kappa shape index (κ3) is 5.07. The lowest BCUT2D eigenvalue weighted by Gasteiger charge is -2.60. The van der Waals surface area contributed by atoms with Crippen LogP contribution in [0.5, 0.6) is 0 Å². The highest BCUT2D eigenvalue weighted by atomic mass is 35.7. The number of piperidine rings is 2. The van der Waals surface area contributed by atoms with E-state index in [-0.39, 0.29) is 13.1 Å². The molecule has 0 saturated carbocycles. The number of likely N-dealkylation sites (tertiary alicyclic amines) is 2. The number of methoxy groups -OCH3 is 2. The SMILES string of the molecule is COC(=O)C12CN(C)CC(C(=O)OC)(C1=O)C(c1ccccn1)N(C)C2c1ccccn1.[O-][Cl+3]([O-])([O-])O. The summed E-state index contributed by atoms with van der Waals surface area (Å²) >= 11 is 0. The van der Waals surface area contributed by atoms with Crippen molar-refractivity contribution in [3.63, 3.8) is 0 Å². The summed E-state index contributed by atoms with van der Waals surface area (Å²) in [6, 6.07) is 9.11. The molecule has 0 spiro atoms. The number of aromatic nitrogens is 2. The van der Waals surface area contributed by atoms with Gasteiger partial charge in [0, 0.05) is 25.5 Å². The van der Waals surface area contributed by atoms with Crippen LogP contribution in [0.25, 0.3) is 0 Å². The van der Waals surface area contributed by atoms with E-state index in [0.717, 1.165) is 0 Å². The van der Waals surface area contributed by atoms with E-state index in [1.54, 1.807) is 62.9 Å². The van der Waals surface area contributed by atoms with Gasteiger partial charge in [0.05, 0.1) is 52.6 Å². The van der Waals surface area contributed by atoms with E-state index in [4.69, 9.17) is 28.1 Å². The summed E-state index contributed by atoms with van der Waals surface area (Å²) in [4.78, 5) is 53.8. The largest absolute Gasteiger partial charge is 0.468 e. The lowest BCUT2D eigenvalue weighted by molar-refractivity contribution is -1.92. The van der Waals surface area contributed by atoms with Crippen molar-refractivity contribution >= 4 is 17.7 Å². The Morgan fingerprint density at radius 2 is 1.30 bits per heavy atom. The molecule has 4 rings (SSSR count). The number of rotatable bonds is 4. The van der Waals surface area contributed by atoms with Crippen LogP contribution in [0.15, 0.2) is 48.8 Å². The summed E-state index contributed by atoms with van der Waals surface area (Å²) in [7, 11) is 1.36. The van der Waals surface area contributed by atoms with Crippen LogP contribution in [0.3, 0.4) is 0 Å². The molecule has 2 aromatic rings. The molecule has 0 aromatic carbocycles. The molecule has 200 valence electrons. The Balaban J connectivity index is 0.000000695. The number of nitrogens with zero attached hydrogens (tertiary/aromatic N) is 4. The number of esters is 2. The van der Waals surface area contributed by atoms with Crippen LogP contribution in [0.1, 0.15) is 23.5 Å². The van der Waals surface area contributed by atoms with Gasteiger partial charge in [0.2, 0.25) is 0 Å². The van der Waals surface area contributed by atoms with Gasteiger partial charge in [0.15, 0.2) is 16.6 Å². The van der Waals surface area contributed by atoms with E-state index in [9.17, 15) is 14.4 Å². The van der Waals surface area contributed by atoms with Gasteiger partial charge >= 0.3 is 11.9 Å². The fourth-order valence-corrected chi connectivity index (χ4v) is 5.61. The minimum Gasteiger partial charge on any atom is -0.468 e. The van der Waals surface area contributed by atoms with Gasteiger partial charge in [-0.1, -0.05) is 12.1 Å². The van der Waals surface area contributed by atoms with Crippen molar-refractivity contribution in [2.24, 2.45) is 10.8 Å². The Morgan fingerprint density at radius 3 is 1.59 bits per heavy atom. The first-order valence-corrected chi connectivity index (χ1v) is 12.2. The molecule has 4 heterocycles. The average molecular weight is 539 g/mol. The van der Waals surface area contributed by atoms with E-state index in [1.807, 2.05) is 9.80 Å². The first kappa shape index (κ1) is 28.5. The van der Waals surface area contributed by atoms with Crippen molar-refractivity contribution in [2.45, 2.75) is 12.1 Å². The van der Waals surface area contributed by atoms with Crippen LogP contribution >= 0.6 is 0 Å². The third-order valence-electron chi connectivity index (χ3n) is 6.63. The number of hydrogen-bond acceptors (Lipinski definition) is 13. The summed E-state index contributed by atoms with van der Waals surface area (Å²) in [6.07, 6.45) is 3.23. The quantitative estimate of drug-likeness (QED) is 0.304. The molecule has 37 heavy (non-hydrogen) atoms. The van der Waals surface area contributed by atoms with Gasteiger partial charge in [0.25, 0.3) is 0 Å². The Bertz CT molecular complexity index is 1050. The van der Waals surface area contributed by atoms with Crippen molar-refractivity contribution in [3.8, 4) is 0 Å². The monoisotopic (exact) mass is 538 g/mol. The highest BCUT2D eigenvalue weighted by molar-refractivity contribution is 6.17. The second-order valence-electron chi connectivity index (χ2n) is 8.80. The summed E-state index contributed by atoms with van der Waals surface area (Å²) in [5.74, 6) is -1.93. The van der Waals surface area contributed by atoms with Crippen molar-refractivity contribution in [2.75, 3.05) is 41.4 Å². The lowest BCUT2D eigenvalue weighted by Crippen LogP contribution is -2.75. The van der Waals surface area contributed by atoms with Crippen LogP contribution in [-0.4, -0.2) is 83.6 Å². The van der Waals surface area contributed by atoms with E-state index < -0.39 is 50.9 Å². The second-order valence-corrected chi connectivity index (χ2v) is 9.60. The number of pyridine rings is 2. The highest BCUT2D eigenvalue weighted by Gasteiger charge is 2.75. The maximum atomic E-state index is 14.4. The Labute approximate surface area is 215 Å². The molecule has 2 bridgehead atoms. The van der Waals surface area contributed by atoms with Gasteiger partial charge < -0.3 is 14.4 Å². The van der Waals surface area contributed by atoms with Crippen molar-refractivity contribution < 1.29 is 52.7 Å². The van der Waals surface area contributed by atoms with E-state index in [1.165, 1.54) is 14.2 Å². The molecule has 2 aliphatic heterocycles. The average Bonchev–Trinajstić information content (AvgIpc) is 2.85. The van der Waals surface area contributed by atoms with Crippen molar-refractivity contribution in [1.29, 1.82) is 0 Å². The van der Waals surface area contributed by atoms with Crippen molar-refractivity contribution in [1.82, 2.24) is 19.8 Å². The van der Waals surface area contributed by atoms with Gasteiger partial charge in [-0.05, 0) is 38.4 Å². The summed E-state index contributed by atoms with van der Waals surface area (Å²) < 4.78 is 43.1. The minimum atomic E-state index is -4.69. The topological polar surface area (TPSA) is 191 Å². The molecule has 2 aliphatic rings. The van der Waals surface area contributed by atoms with Crippen LogP contribution < -0.4 is 14.0 Å². The molecule has 13 nitrogen and oxygen atoms in total. The Morgan fingerprint density at radius 1 is 0.919 bits per heavy atom. The van der Waals surface area contributed by atoms with Gasteiger partial charge in [-0.2, -0.15) is 14.0 Å². The zero-order valence-electron chi connectivity index (χ0n) is 20.6. The molecule has 2 aromatic heterocycles. The molecule has 2 fully saturated rings. The minimum absolute atomic E-state index is 0.0811. The first-order valence-electron chi connectivity index (χ1n) is 10.9. The molecule has 1 N–H and O–H groups in total. The fraction of sp³-hybridized carbons (Fsp3) is 0.435. The van der Waals surface area contributed by atoms with E-state index >= 15 is 0 Å². The van der Waals surface area contributed by atoms with Crippen LogP contribution in [0, 0.1) is 21.1 Å². The molecule has 0 aliphatic carbocycles. The van der Waals surface area contributed by atoms with Gasteiger partial charge in [-0.3, -0.25) is 29.3 Å². The van der Waals surface area contributed by atoms with E-state index in [2.05, 4.69) is 9.97 Å².